The minimum Gasteiger partial charge on any atom is -0.756 e. The van der Waals surface area contributed by atoms with Crippen LogP contribution in [0.4, 0.5) is 0 Å². The second-order valence-electron chi connectivity index (χ2n) is 16.5. The van der Waals surface area contributed by atoms with Gasteiger partial charge in [-0.3, -0.25) is 14.2 Å². The number of rotatable bonds is 41. The van der Waals surface area contributed by atoms with E-state index in [9.17, 15) is 19.0 Å². The number of nitrogens with zero attached hydrogens (tertiary/aromatic N) is 1. The zero-order valence-electron chi connectivity index (χ0n) is 37.3. The number of esters is 2. The minimum absolute atomic E-state index is 0.0354. The highest BCUT2D eigenvalue weighted by Crippen LogP contribution is 2.38. The lowest BCUT2D eigenvalue weighted by Crippen LogP contribution is -2.37. The fourth-order valence-electron chi connectivity index (χ4n) is 6.14. The van der Waals surface area contributed by atoms with E-state index in [2.05, 4.69) is 32.1 Å². The van der Waals surface area contributed by atoms with Crippen molar-refractivity contribution in [2.75, 3.05) is 47.5 Å². The first kappa shape index (κ1) is 55.0. The topological polar surface area (TPSA) is 111 Å². The number of unbranched alkanes of at least 4 members (excludes halogenated alkanes) is 22. The zero-order chi connectivity index (χ0) is 42.1. The van der Waals surface area contributed by atoms with E-state index in [1.54, 1.807) is 0 Å². The quantitative estimate of drug-likeness (QED) is 0.0197. The molecule has 0 radical (unpaired) electrons. The van der Waals surface area contributed by atoms with Gasteiger partial charge >= 0.3 is 11.9 Å². The van der Waals surface area contributed by atoms with Gasteiger partial charge in [-0.05, 0) is 32.1 Å². The largest absolute Gasteiger partial charge is 0.756 e. The molecule has 0 aromatic rings. The van der Waals surface area contributed by atoms with Crippen molar-refractivity contribution in [1.82, 2.24) is 0 Å². The first-order chi connectivity index (χ1) is 27.5. The number of hydrogen-bond acceptors (Lipinski definition) is 8. The molecule has 0 amide bonds. The van der Waals surface area contributed by atoms with Crippen molar-refractivity contribution in [2.24, 2.45) is 0 Å². The summed E-state index contributed by atoms with van der Waals surface area (Å²) in [6.07, 6.45) is 45.6. The van der Waals surface area contributed by atoms with Crippen LogP contribution in [0.2, 0.25) is 0 Å². The smallest absolute Gasteiger partial charge is 0.306 e. The third-order valence-corrected chi connectivity index (χ3v) is 10.7. The molecule has 0 aliphatic heterocycles. The summed E-state index contributed by atoms with van der Waals surface area (Å²) in [6, 6.07) is 0. The van der Waals surface area contributed by atoms with Crippen LogP contribution in [0.15, 0.2) is 48.6 Å². The second kappa shape index (κ2) is 39.4. The fourth-order valence-corrected chi connectivity index (χ4v) is 6.86. The van der Waals surface area contributed by atoms with E-state index in [0.29, 0.717) is 23.9 Å². The second-order valence-corrected chi connectivity index (χ2v) is 17.9. The third kappa shape index (κ3) is 43.4. The number of quaternary nitrogens is 1. The number of allylic oxidation sites excluding steroid dienone is 8. The average Bonchev–Trinajstić information content (AvgIpc) is 3.16. The Morgan fingerprint density at radius 2 is 1.00 bits per heavy atom. The molecule has 0 saturated heterocycles. The molecular weight excluding hydrogens is 737 g/mol. The molecule has 0 saturated carbocycles. The van der Waals surface area contributed by atoms with Gasteiger partial charge in [0.1, 0.15) is 19.8 Å². The van der Waals surface area contributed by atoms with E-state index < -0.39 is 32.5 Å². The number of carbonyl (C=O) groups is 2. The van der Waals surface area contributed by atoms with Gasteiger partial charge in [0, 0.05) is 12.8 Å². The highest BCUT2D eigenvalue weighted by Gasteiger charge is 2.21. The molecule has 0 fully saturated rings. The molecule has 0 aromatic heterocycles. The van der Waals surface area contributed by atoms with E-state index in [1.807, 2.05) is 51.5 Å². The van der Waals surface area contributed by atoms with Crippen LogP contribution in [0.3, 0.4) is 0 Å². The summed E-state index contributed by atoms with van der Waals surface area (Å²) in [7, 11) is 1.15. The molecule has 1 unspecified atom stereocenters. The van der Waals surface area contributed by atoms with Gasteiger partial charge in [-0.25, -0.2) is 0 Å². The summed E-state index contributed by atoms with van der Waals surface area (Å²) in [5, 5.41) is 0. The Morgan fingerprint density at radius 1 is 0.561 bits per heavy atom. The molecule has 57 heavy (non-hydrogen) atoms. The van der Waals surface area contributed by atoms with Gasteiger partial charge < -0.3 is 27.9 Å². The normalized spacial score (nSPS) is 14.0. The monoisotopic (exact) mass is 824 g/mol. The van der Waals surface area contributed by atoms with Crippen molar-refractivity contribution in [3.63, 3.8) is 0 Å². The highest BCUT2D eigenvalue weighted by molar-refractivity contribution is 7.45. The molecule has 0 rings (SSSR count). The van der Waals surface area contributed by atoms with E-state index in [0.717, 1.165) is 57.8 Å². The molecule has 0 aliphatic rings. The minimum atomic E-state index is -4.63. The van der Waals surface area contributed by atoms with E-state index in [4.69, 9.17) is 18.5 Å². The Bertz CT molecular complexity index is 1110. The van der Waals surface area contributed by atoms with Crippen LogP contribution >= 0.6 is 7.82 Å². The van der Waals surface area contributed by atoms with E-state index >= 15 is 0 Å². The van der Waals surface area contributed by atoms with Crippen LogP contribution < -0.4 is 4.89 Å². The Labute approximate surface area is 350 Å². The van der Waals surface area contributed by atoms with Gasteiger partial charge in [0.15, 0.2) is 6.10 Å². The average molecular weight is 824 g/mol. The predicted octanol–water partition coefficient (Wildman–Crippen LogP) is 12.4. The molecule has 0 aliphatic carbocycles. The summed E-state index contributed by atoms with van der Waals surface area (Å²) in [5.74, 6) is -0.858. The molecule has 0 N–H and O–H groups in total. The van der Waals surface area contributed by atoms with Gasteiger partial charge in [0.2, 0.25) is 0 Å². The van der Waals surface area contributed by atoms with Gasteiger partial charge in [-0.2, -0.15) is 0 Å². The first-order valence-electron chi connectivity index (χ1n) is 22.9. The van der Waals surface area contributed by atoms with Gasteiger partial charge in [-0.1, -0.05) is 191 Å². The standard InChI is InChI=1S/C47H86NO8P/c1-6-8-10-12-14-16-18-20-22-23-24-26-28-30-32-34-36-38-40-47(50)56-45(44-55-57(51,52)54-42-41-48(3,4)5)43-53-46(49)39-37-35-33-31-29-27-25-21-19-17-15-13-11-9-7-2/h9,11,13,15,17,19,21,25,45H,6-8,10,12,14,16,18,20,22-24,26-44H2,1-5H3/b11-9+,15-13+,19-17+,25-21+/t45-/m1/s1. The number of likely N-dealkylation sites (N-methyl/N-ethyl adjacent to an activating group) is 1. The van der Waals surface area contributed by atoms with Crippen LogP contribution in [0.5, 0.6) is 0 Å². The Hall–Kier alpha value is -2.03. The maximum atomic E-state index is 12.7. The number of phosphoric acid groups is 1. The number of carbonyl (C=O) groups excluding carboxylic acids is 2. The van der Waals surface area contributed by atoms with Crippen LogP contribution in [-0.4, -0.2) is 70.0 Å². The van der Waals surface area contributed by atoms with Gasteiger partial charge in [0.25, 0.3) is 7.82 Å². The maximum absolute atomic E-state index is 12.7. The third-order valence-electron chi connectivity index (χ3n) is 9.71. The molecule has 0 spiro atoms. The lowest BCUT2D eigenvalue weighted by Gasteiger charge is -2.28. The van der Waals surface area contributed by atoms with Crippen molar-refractivity contribution in [2.45, 2.75) is 193 Å². The summed E-state index contributed by atoms with van der Waals surface area (Å²) in [4.78, 5) is 37.6. The van der Waals surface area contributed by atoms with Crippen molar-refractivity contribution >= 4 is 19.8 Å². The van der Waals surface area contributed by atoms with Crippen LogP contribution in [0.25, 0.3) is 0 Å². The summed E-state index contributed by atoms with van der Waals surface area (Å²) in [5.41, 5.74) is 0. The van der Waals surface area contributed by atoms with Crippen LogP contribution in [0.1, 0.15) is 187 Å². The fraction of sp³-hybridized carbons (Fsp3) is 0.787. The molecule has 0 bridgehead atoms. The van der Waals surface area contributed by atoms with Crippen molar-refractivity contribution in [1.29, 1.82) is 0 Å². The zero-order valence-corrected chi connectivity index (χ0v) is 38.2. The number of phosphoric ester groups is 1. The Morgan fingerprint density at radius 3 is 1.49 bits per heavy atom. The maximum Gasteiger partial charge on any atom is 0.306 e. The van der Waals surface area contributed by atoms with Crippen molar-refractivity contribution < 1.29 is 42.1 Å². The summed E-state index contributed by atoms with van der Waals surface area (Å²) >= 11 is 0. The van der Waals surface area contributed by atoms with Crippen LogP contribution in [0, 0.1) is 0 Å². The molecule has 0 heterocycles. The Kier molecular flexibility index (Phi) is 38.0. The lowest BCUT2D eigenvalue weighted by molar-refractivity contribution is -0.870. The number of ether oxygens (including phenoxy) is 2. The van der Waals surface area contributed by atoms with Crippen LogP contribution in [-0.2, 0) is 32.7 Å². The predicted molar refractivity (Wildman–Crippen MR) is 236 cm³/mol. The van der Waals surface area contributed by atoms with E-state index in [-0.39, 0.29) is 26.1 Å². The number of hydrogen-bond donors (Lipinski definition) is 0. The van der Waals surface area contributed by atoms with Gasteiger partial charge in [-0.15, -0.1) is 0 Å². The lowest BCUT2D eigenvalue weighted by atomic mass is 10.0. The molecular formula is C47H86NO8P. The Balaban J connectivity index is 4.34. The molecule has 332 valence electrons. The molecule has 2 atom stereocenters. The van der Waals surface area contributed by atoms with Crippen molar-refractivity contribution in [3.05, 3.63) is 48.6 Å². The van der Waals surface area contributed by atoms with E-state index in [1.165, 1.54) is 89.9 Å². The SMILES string of the molecule is CC/C=C/C=C/C=C/C=C/CCCCCCCC(=O)OC[C@H](COP(=O)([O-])OCC[N+](C)(C)C)OC(=O)CCCCCCCCCCCCCCCCCCCC. The molecule has 10 heteroatoms. The molecule has 0 aromatic carbocycles. The molecule has 9 nitrogen and oxygen atoms in total. The van der Waals surface area contributed by atoms with Gasteiger partial charge in [0.05, 0.1) is 27.7 Å². The first-order valence-corrected chi connectivity index (χ1v) is 24.4. The van der Waals surface area contributed by atoms with Crippen molar-refractivity contribution in [3.8, 4) is 0 Å². The highest BCUT2D eigenvalue weighted by atomic mass is 31.2. The summed E-state index contributed by atoms with van der Waals surface area (Å²) < 4.78 is 33.9. The summed E-state index contributed by atoms with van der Waals surface area (Å²) in [6.45, 7) is 4.07.